The number of rotatable bonds is 4. The van der Waals surface area contributed by atoms with E-state index in [9.17, 15) is 9.59 Å². The van der Waals surface area contributed by atoms with E-state index in [2.05, 4.69) is 10.3 Å². The van der Waals surface area contributed by atoms with Gasteiger partial charge in [-0.25, -0.2) is 0 Å². The number of nitrogens with zero attached hydrogens (tertiary/aromatic N) is 1. The van der Waals surface area contributed by atoms with Gasteiger partial charge in [0.05, 0.1) is 5.54 Å². The van der Waals surface area contributed by atoms with Gasteiger partial charge in [-0.2, -0.15) is 4.99 Å². The smallest absolute Gasteiger partial charge is 0.259 e. The molecule has 2 atom stereocenters. The van der Waals surface area contributed by atoms with Gasteiger partial charge in [0.15, 0.2) is 0 Å². The van der Waals surface area contributed by atoms with E-state index < -0.39 is 11.5 Å². The fourth-order valence-electron chi connectivity index (χ4n) is 1.51. The number of hydrogen-bond donors (Lipinski definition) is 2. The topological polar surface area (TPSA) is 84.6 Å². The average molecular weight is 225 g/mol. The monoisotopic (exact) mass is 225 g/mol. The lowest BCUT2D eigenvalue weighted by atomic mass is 9.94. The summed E-state index contributed by atoms with van der Waals surface area (Å²) in [5.74, 6) is -0.994. The standard InChI is InChI=1S/C11H19N3O2/c1-4-6-7-8(15)13-10(14-9(7)16)11(3,12)5-2/h7H,4-6,12H2,1-3H3,(H,13,14,15,16). The molecule has 0 radical (unpaired) electrons. The zero-order chi connectivity index (χ0) is 12.3. The molecule has 0 aromatic carbocycles. The highest BCUT2D eigenvalue weighted by atomic mass is 16.2. The minimum atomic E-state index is -0.748. The second-order valence-electron chi connectivity index (χ2n) is 4.40. The molecule has 1 rings (SSSR count). The van der Waals surface area contributed by atoms with Gasteiger partial charge in [-0.3, -0.25) is 9.59 Å². The number of nitrogens with two attached hydrogens (primary N) is 1. The molecule has 0 spiro atoms. The molecule has 0 fully saturated rings. The lowest BCUT2D eigenvalue weighted by molar-refractivity contribution is -0.133. The Balaban J connectivity index is 2.92. The third-order valence-electron chi connectivity index (χ3n) is 2.93. The largest absolute Gasteiger partial charge is 0.319 e. The maximum absolute atomic E-state index is 11.7. The molecule has 0 aromatic heterocycles. The van der Waals surface area contributed by atoms with Crippen LogP contribution in [0.25, 0.3) is 0 Å². The highest BCUT2D eigenvalue weighted by Crippen LogP contribution is 2.16. The Labute approximate surface area is 95.5 Å². The van der Waals surface area contributed by atoms with Gasteiger partial charge in [-0.1, -0.05) is 20.3 Å². The van der Waals surface area contributed by atoms with Crippen LogP contribution in [0.4, 0.5) is 0 Å². The van der Waals surface area contributed by atoms with Gasteiger partial charge in [-0.15, -0.1) is 0 Å². The Morgan fingerprint density at radius 2 is 2.06 bits per heavy atom. The van der Waals surface area contributed by atoms with Crippen molar-refractivity contribution in [3.05, 3.63) is 0 Å². The van der Waals surface area contributed by atoms with E-state index in [1.54, 1.807) is 6.92 Å². The molecule has 0 saturated heterocycles. The normalized spacial score (nSPS) is 24.8. The molecule has 1 heterocycles. The molecule has 2 unspecified atom stereocenters. The molecule has 5 heteroatoms. The fourth-order valence-corrected chi connectivity index (χ4v) is 1.51. The van der Waals surface area contributed by atoms with E-state index in [0.717, 1.165) is 6.42 Å². The number of hydrogen-bond acceptors (Lipinski definition) is 3. The van der Waals surface area contributed by atoms with E-state index in [-0.39, 0.29) is 17.6 Å². The molecule has 2 amide bonds. The van der Waals surface area contributed by atoms with Crippen LogP contribution in [-0.4, -0.2) is 23.2 Å². The first-order chi connectivity index (χ1) is 7.42. The number of amidine groups is 1. The number of nitrogens with one attached hydrogen (secondary N) is 1. The number of aliphatic imine (C=N–C) groups is 1. The van der Waals surface area contributed by atoms with Crippen LogP contribution in [0, 0.1) is 5.92 Å². The summed E-state index contributed by atoms with van der Waals surface area (Å²) in [7, 11) is 0. The van der Waals surface area contributed by atoms with Gasteiger partial charge in [0.1, 0.15) is 11.8 Å². The summed E-state index contributed by atoms with van der Waals surface area (Å²) in [6, 6.07) is 0. The predicted molar refractivity (Wildman–Crippen MR) is 61.9 cm³/mol. The summed E-state index contributed by atoms with van der Waals surface area (Å²) < 4.78 is 0. The zero-order valence-electron chi connectivity index (χ0n) is 10.0. The SMILES string of the molecule is CCCC1C(=O)N=C(C(C)(N)CC)NC1=O. The summed E-state index contributed by atoms with van der Waals surface area (Å²) in [5, 5.41) is 2.64. The van der Waals surface area contributed by atoms with Crippen LogP contribution in [0.5, 0.6) is 0 Å². The molecule has 90 valence electrons. The van der Waals surface area contributed by atoms with Crippen molar-refractivity contribution in [2.75, 3.05) is 0 Å². The highest BCUT2D eigenvalue weighted by Gasteiger charge is 2.36. The third kappa shape index (κ3) is 2.47. The first-order valence-electron chi connectivity index (χ1n) is 5.65. The van der Waals surface area contributed by atoms with E-state index >= 15 is 0 Å². The molecule has 1 aliphatic rings. The van der Waals surface area contributed by atoms with Crippen LogP contribution in [0.1, 0.15) is 40.0 Å². The van der Waals surface area contributed by atoms with Crippen molar-refractivity contribution in [3.63, 3.8) is 0 Å². The van der Waals surface area contributed by atoms with E-state index in [0.29, 0.717) is 12.8 Å². The van der Waals surface area contributed by atoms with Crippen molar-refractivity contribution < 1.29 is 9.59 Å². The van der Waals surface area contributed by atoms with Gasteiger partial charge < -0.3 is 11.1 Å². The zero-order valence-corrected chi connectivity index (χ0v) is 10.0. The van der Waals surface area contributed by atoms with Gasteiger partial charge >= 0.3 is 0 Å². The summed E-state index contributed by atoms with van der Waals surface area (Å²) in [6.07, 6.45) is 1.93. The lowest BCUT2D eigenvalue weighted by Gasteiger charge is -2.29. The van der Waals surface area contributed by atoms with Crippen LogP contribution in [0.2, 0.25) is 0 Å². The van der Waals surface area contributed by atoms with Gasteiger partial charge in [0, 0.05) is 0 Å². The van der Waals surface area contributed by atoms with Gasteiger partial charge in [0.2, 0.25) is 5.91 Å². The Kier molecular flexibility index (Phi) is 3.80. The van der Waals surface area contributed by atoms with Crippen molar-refractivity contribution in [2.24, 2.45) is 16.6 Å². The molecule has 0 aromatic rings. The van der Waals surface area contributed by atoms with E-state index in [1.165, 1.54) is 0 Å². The second-order valence-corrected chi connectivity index (χ2v) is 4.40. The van der Waals surface area contributed by atoms with Crippen molar-refractivity contribution in [1.82, 2.24) is 5.32 Å². The van der Waals surface area contributed by atoms with Gasteiger partial charge in [0.25, 0.3) is 5.91 Å². The Bertz CT molecular complexity index is 334. The summed E-state index contributed by atoms with van der Waals surface area (Å²) >= 11 is 0. The van der Waals surface area contributed by atoms with Crippen molar-refractivity contribution in [2.45, 2.75) is 45.6 Å². The quantitative estimate of drug-likeness (QED) is 0.686. The third-order valence-corrected chi connectivity index (χ3v) is 2.93. The van der Waals surface area contributed by atoms with Crippen molar-refractivity contribution in [1.29, 1.82) is 0 Å². The maximum Gasteiger partial charge on any atom is 0.259 e. The highest BCUT2D eigenvalue weighted by molar-refractivity contribution is 6.18. The summed E-state index contributed by atoms with van der Waals surface area (Å²) in [4.78, 5) is 27.3. The molecule has 3 N–H and O–H groups in total. The van der Waals surface area contributed by atoms with Crippen molar-refractivity contribution >= 4 is 17.6 Å². The minimum absolute atomic E-state index is 0.276. The number of amides is 2. The van der Waals surface area contributed by atoms with Crippen LogP contribution in [0.15, 0.2) is 4.99 Å². The predicted octanol–water partition coefficient (Wildman–Crippen LogP) is 0.585. The molecule has 16 heavy (non-hydrogen) atoms. The van der Waals surface area contributed by atoms with Crippen LogP contribution < -0.4 is 11.1 Å². The summed E-state index contributed by atoms with van der Waals surface area (Å²) in [6.45, 7) is 5.57. The number of carbonyl (C=O) groups is 2. The first kappa shape index (κ1) is 12.8. The molecule has 5 nitrogen and oxygen atoms in total. The van der Waals surface area contributed by atoms with Gasteiger partial charge in [-0.05, 0) is 19.8 Å². The minimum Gasteiger partial charge on any atom is -0.319 e. The average Bonchev–Trinajstić information content (AvgIpc) is 2.23. The fraction of sp³-hybridized carbons (Fsp3) is 0.727. The number of carbonyl (C=O) groups excluding carboxylic acids is 2. The van der Waals surface area contributed by atoms with Crippen molar-refractivity contribution in [3.8, 4) is 0 Å². The molecule has 0 saturated carbocycles. The molecular formula is C11H19N3O2. The van der Waals surface area contributed by atoms with E-state index in [1.807, 2.05) is 13.8 Å². The molecule has 0 bridgehead atoms. The molecular weight excluding hydrogens is 206 g/mol. The second kappa shape index (κ2) is 4.74. The van der Waals surface area contributed by atoms with Crippen LogP contribution >= 0.6 is 0 Å². The maximum atomic E-state index is 11.7. The Morgan fingerprint density at radius 1 is 1.44 bits per heavy atom. The Hall–Kier alpha value is -1.23. The molecule has 0 aliphatic carbocycles. The Morgan fingerprint density at radius 3 is 2.50 bits per heavy atom. The van der Waals surface area contributed by atoms with E-state index in [4.69, 9.17) is 5.73 Å². The van der Waals surface area contributed by atoms with Crippen LogP contribution in [0.3, 0.4) is 0 Å². The first-order valence-corrected chi connectivity index (χ1v) is 5.65. The van der Waals surface area contributed by atoms with Crippen LogP contribution in [-0.2, 0) is 9.59 Å². The lowest BCUT2D eigenvalue weighted by Crippen LogP contribution is -2.57. The summed E-state index contributed by atoms with van der Waals surface area (Å²) in [5.41, 5.74) is 5.19. The molecule has 1 aliphatic heterocycles.